The minimum atomic E-state index is -0.450. The van der Waals surface area contributed by atoms with Crippen LogP contribution in [0.3, 0.4) is 0 Å². The summed E-state index contributed by atoms with van der Waals surface area (Å²) in [7, 11) is 0. The molecule has 0 aromatic heterocycles. The Morgan fingerprint density at radius 3 is 1.97 bits per heavy atom. The van der Waals surface area contributed by atoms with Crippen molar-refractivity contribution in [1.29, 1.82) is 0 Å². The van der Waals surface area contributed by atoms with E-state index in [2.05, 4.69) is 13.8 Å². The lowest BCUT2D eigenvalue weighted by Gasteiger charge is -2.40. The SMILES string of the molecule is CCC(CC(CC(C)C1CCC(OCC(=O)OC(C)(C)C)CC1)C1CCC(O)CC1)C1CCCCC1. The molecule has 3 saturated carbocycles. The van der Waals surface area contributed by atoms with Crippen molar-refractivity contribution in [2.24, 2.45) is 35.5 Å². The van der Waals surface area contributed by atoms with Gasteiger partial charge in [-0.1, -0.05) is 52.4 Å². The molecule has 0 radical (unpaired) electrons. The minimum Gasteiger partial charge on any atom is -0.458 e. The van der Waals surface area contributed by atoms with Crippen LogP contribution in [0.25, 0.3) is 0 Å². The van der Waals surface area contributed by atoms with Gasteiger partial charge in [-0.15, -0.1) is 0 Å². The van der Waals surface area contributed by atoms with Crippen LogP contribution in [0, 0.1) is 35.5 Å². The average molecular weight is 507 g/mol. The third-order valence-corrected chi connectivity index (χ3v) is 9.91. The van der Waals surface area contributed by atoms with Crippen LogP contribution in [0.2, 0.25) is 0 Å². The molecule has 0 aromatic carbocycles. The summed E-state index contributed by atoms with van der Waals surface area (Å²) in [5, 5.41) is 10.1. The number of hydrogen-bond acceptors (Lipinski definition) is 4. The zero-order chi connectivity index (χ0) is 26.1. The number of carbonyl (C=O) groups excluding carboxylic acids is 1. The Morgan fingerprint density at radius 2 is 1.39 bits per heavy atom. The molecule has 0 aliphatic heterocycles. The van der Waals surface area contributed by atoms with E-state index >= 15 is 0 Å². The van der Waals surface area contributed by atoms with Gasteiger partial charge in [-0.2, -0.15) is 0 Å². The van der Waals surface area contributed by atoms with E-state index in [0.717, 1.165) is 61.2 Å². The van der Waals surface area contributed by atoms with Gasteiger partial charge < -0.3 is 14.6 Å². The summed E-state index contributed by atoms with van der Waals surface area (Å²) in [6, 6.07) is 0. The molecule has 3 aliphatic rings. The summed E-state index contributed by atoms with van der Waals surface area (Å²) in [5.74, 6) is 4.75. The molecule has 3 fully saturated rings. The number of carbonyl (C=O) groups is 1. The summed E-state index contributed by atoms with van der Waals surface area (Å²) in [6.45, 7) is 10.7. The van der Waals surface area contributed by atoms with Crippen LogP contribution in [0.5, 0.6) is 0 Å². The molecule has 36 heavy (non-hydrogen) atoms. The standard InChI is InChI=1S/C32H58O4/c1-6-24(26-10-8-7-9-11-26)21-28(27-12-16-29(33)17-13-27)20-23(2)25-14-18-30(19-15-25)35-22-31(34)36-32(3,4)5/h23-30,33H,6-22H2,1-5H3. The summed E-state index contributed by atoms with van der Waals surface area (Å²) >= 11 is 0. The number of rotatable bonds is 11. The van der Waals surface area contributed by atoms with Gasteiger partial charge in [0.15, 0.2) is 0 Å². The van der Waals surface area contributed by atoms with Crippen molar-refractivity contribution in [3.63, 3.8) is 0 Å². The summed E-state index contributed by atoms with van der Waals surface area (Å²) in [4.78, 5) is 12.0. The lowest BCUT2D eigenvalue weighted by atomic mass is 9.66. The first-order valence-electron chi connectivity index (χ1n) is 15.7. The normalized spacial score (nSPS) is 30.9. The van der Waals surface area contributed by atoms with E-state index in [-0.39, 0.29) is 24.8 Å². The maximum atomic E-state index is 12.0. The highest BCUT2D eigenvalue weighted by Crippen LogP contribution is 2.44. The second-order valence-corrected chi connectivity index (χ2v) is 13.8. The van der Waals surface area contributed by atoms with Crippen molar-refractivity contribution >= 4 is 5.97 Å². The van der Waals surface area contributed by atoms with E-state index in [1.807, 2.05) is 20.8 Å². The molecule has 0 spiro atoms. The maximum Gasteiger partial charge on any atom is 0.332 e. The van der Waals surface area contributed by atoms with E-state index in [9.17, 15) is 9.90 Å². The van der Waals surface area contributed by atoms with Gasteiger partial charge in [-0.25, -0.2) is 4.79 Å². The van der Waals surface area contributed by atoms with Crippen molar-refractivity contribution in [3.05, 3.63) is 0 Å². The molecule has 3 aliphatic carbocycles. The van der Waals surface area contributed by atoms with E-state index in [1.165, 1.54) is 77.0 Å². The number of aliphatic hydroxyl groups is 1. The number of aliphatic hydroxyl groups excluding tert-OH is 1. The molecular weight excluding hydrogens is 448 g/mol. The van der Waals surface area contributed by atoms with Crippen LogP contribution in [-0.2, 0) is 14.3 Å². The van der Waals surface area contributed by atoms with Gasteiger partial charge in [0.05, 0.1) is 12.2 Å². The molecule has 210 valence electrons. The molecule has 0 heterocycles. The molecule has 3 atom stereocenters. The fourth-order valence-electron chi connectivity index (χ4n) is 7.79. The Hall–Kier alpha value is -0.610. The predicted octanol–water partition coefficient (Wildman–Crippen LogP) is 8.09. The first kappa shape index (κ1) is 29.9. The molecule has 0 saturated heterocycles. The van der Waals surface area contributed by atoms with Gasteiger partial charge in [0, 0.05) is 0 Å². The molecule has 3 unspecified atom stereocenters. The Morgan fingerprint density at radius 1 is 0.806 bits per heavy atom. The van der Waals surface area contributed by atoms with Crippen molar-refractivity contribution in [2.75, 3.05) is 6.61 Å². The summed E-state index contributed by atoms with van der Waals surface area (Å²) in [5.41, 5.74) is -0.450. The van der Waals surface area contributed by atoms with Gasteiger partial charge in [-0.3, -0.25) is 0 Å². The second kappa shape index (κ2) is 14.5. The number of ether oxygens (including phenoxy) is 2. The Balaban J connectivity index is 1.50. The smallest absolute Gasteiger partial charge is 0.332 e. The van der Waals surface area contributed by atoms with Gasteiger partial charge in [-0.05, 0) is 120 Å². The van der Waals surface area contributed by atoms with Gasteiger partial charge in [0.2, 0.25) is 0 Å². The van der Waals surface area contributed by atoms with Crippen molar-refractivity contribution in [2.45, 2.75) is 155 Å². The third-order valence-electron chi connectivity index (χ3n) is 9.91. The van der Waals surface area contributed by atoms with Crippen LogP contribution in [0.4, 0.5) is 0 Å². The first-order chi connectivity index (χ1) is 17.1. The highest BCUT2D eigenvalue weighted by Gasteiger charge is 2.34. The maximum absolute atomic E-state index is 12.0. The molecule has 4 heteroatoms. The average Bonchev–Trinajstić information content (AvgIpc) is 2.85. The second-order valence-electron chi connectivity index (χ2n) is 13.8. The molecule has 0 aromatic rings. The van der Waals surface area contributed by atoms with E-state index < -0.39 is 5.60 Å². The fourth-order valence-corrected chi connectivity index (χ4v) is 7.79. The van der Waals surface area contributed by atoms with Crippen molar-refractivity contribution < 1.29 is 19.4 Å². The zero-order valence-corrected chi connectivity index (χ0v) is 24.3. The quantitative estimate of drug-likeness (QED) is 0.288. The third kappa shape index (κ3) is 9.93. The monoisotopic (exact) mass is 506 g/mol. The van der Waals surface area contributed by atoms with Crippen molar-refractivity contribution in [1.82, 2.24) is 0 Å². The van der Waals surface area contributed by atoms with Gasteiger partial charge in [0.25, 0.3) is 0 Å². The van der Waals surface area contributed by atoms with Gasteiger partial charge >= 0.3 is 5.97 Å². The van der Waals surface area contributed by atoms with E-state index in [0.29, 0.717) is 0 Å². The minimum absolute atomic E-state index is 0.0596. The molecule has 0 amide bonds. The highest BCUT2D eigenvalue weighted by molar-refractivity contribution is 5.71. The predicted molar refractivity (Wildman–Crippen MR) is 148 cm³/mol. The van der Waals surface area contributed by atoms with E-state index in [4.69, 9.17) is 9.47 Å². The zero-order valence-electron chi connectivity index (χ0n) is 24.3. The summed E-state index contributed by atoms with van der Waals surface area (Å²) in [6.07, 6.45) is 20.5. The van der Waals surface area contributed by atoms with Crippen LogP contribution in [0.15, 0.2) is 0 Å². The Bertz CT molecular complexity index is 619. The Labute approximate surface area is 222 Å². The largest absolute Gasteiger partial charge is 0.458 e. The van der Waals surface area contributed by atoms with Crippen LogP contribution < -0.4 is 0 Å². The Kier molecular flexibility index (Phi) is 12.1. The molecule has 4 nitrogen and oxygen atoms in total. The number of esters is 1. The molecule has 3 rings (SSSR count). The topological polar surface area (TPSA) is 55.8 Å². The lowest BCUT2D eigenvalue weighted by molar-refractivity contribution is -0.163. The van der Waals surface area contributed by atoms with E-state index in [1.54, 1.807) is 0 Å². The van der Waals surface area contributed by atoms with Gasteiger partial charge in [0.1, 0.15) is 12.2 Å². The van der Waals surface area contributed by atoms with Crippen LogP contribution >= 0.6 is 0 Å². The van der Waals surface area contributed by atoms with Crippen molar-refractivity contribution in [3.8, 4) is 0 Å². The highest BCUT2D eigenvalue weighted by atomic mass is 16.6. The fraction of sp³-hybridized carbons (Fsp3) is 0.969. The van der Waals surface area contributed by atoms with Crippen LogP contribution in [-0.4, -0.2) is 35.5 Å². The molecule has 0 bridgehead atoms. The molecule has 1 N–H and O–H groups in total. The molecular formula is C32H58O4. The summed E-state index contributed by atoms with van der Waals surface area (Å²) < 4.78 is 11.3. The lowest BCUT2D eigenvalue weighted by Crippen LogP contribution is -2.32. The number of hydrogen-bond donors (Lipinski definition) is 1. The first-order valence-corrected chi connectivity index (χ1v) is 15.7. The van der Waals surface area contributed by atoms with Crippen LogP contribution in [0.1, 0.15) is 137 Å².